The molecule has 0 aromatic heterocycles. The van der Waals surface area contributed by atoms with E-state index in [1.165, 1.54) is 19.1 Å². The molecule has 1 nitrogen and oxygen atoms in total. The van der Waals surface area contributed by atoms with E-state index in [1.807, 2.05) is 0 Å². The van der Waals surface area contributed by atoms with Crippen molar-refractivity contribution in [2.45, 2.75) is 26.4 Å². The lowest BCUT2D eigenvalue weighted by Crippen LogP contribution is -2.08. The molecule has 0 aliphatic heterocycles. The van der Waals surface area contributed by atoms with Gasteiger partial charge in [0.15, 0.2) is 5.78 Å². The van der Waals surface area contributed by atoms with Gasteiger partial charge >= 0.3 is 6.18 Å². The van der Waals surface area contributed by atoms with Gasteiger partial charge in [0.2, 0.25) is 0 Å². The lowest BCUT2D eigenvalue weighted by molar-refractivity contribution is -0.140. The normalized spacial score (nSPS) is 12.7. The third kappa shape index (κ3) is 3.42. The van der Waals surface area contributed by atoms with E-state index in [0.29, 0.717) is 11.6 Å². The molecule has 0 bridgehead atoms. The fourth-order valence-corrected chi connectivity index (χ4v) is 1.46. The van der Waals surface area contributed by atoms with E-state index < -0.39 is 17.6 Å². The molecule has 98 valence electrons. The number of rotatable bonds is 3. The Balaban J connectivity index is 3.18. The van der Waals surface area contributed by atoms with Gasteiger partial charge in [-0.05, 0) is 36.3 Å². The summed E-state index contributed by atoms with van der Waals surface area (Å²) in [7, 11) is 0. The number of allylic oxidation sites excluding steroid dienone is 1. The van der Waals surface area contributed by atoms with Crippen LogP contribution in [0.25, 0.3) is 6.08 Å². The number of ketones is 1. The number of carbonyl (C=O) groups excluding carboxylic acids is 1. The highest BCUT2D eigenvalue weighted by Crippen LogP contribution is 2.32. The first kappa shape index (κ1) is 14.4. The van der Waals surface area contributed by atoms with Crippen molar-refractivity contribution in [2.24, 2.45) is 0 Å². The second-order valence-electron chi connectivity index (χ2n) is 3.84. The summed E-state index contributed by atoms with van der Waals surface area (Å²) in [5, 5.41) is 0. The Morgan fingerprint density at radius 1 is 1.33 bits per heavy atom. The van der Waals surface area contributed by atoms with Crippen LogP contribution in [-0.2, 0) is 11.0 Å². The van der Waals surface area contributed by atoms with Gasteiger partial charge < -0.3 is 0 Å². The molecule has 1 aromatic rings. The molecule has 0 heterocycles. The Morgan fingerprint density at radius 2 is 1.94 bits per heavy atom. The monoisotopic (exact) mass is 260 g/mol. The van der Waals surface area contributed by atoms with Crippen molar-refractivity contribution in [1.29, 1.82) is 0 Å². The average molecular weight is 260 g/mol. The van der Waals surface area contributed by atoms with E-state index in [0.717, 1.165) is 6.07 Å². The summed E-state index contributed by atoms with van der Waals surface area (Å²) in [6.45, 7) is 3.17. The highest BCUT2D eigenvalue weighted by atomic mass is 19.4. The second kappa shape index (κ2) is 5.33. The number of alkyl halides is 3. The molecule has 0 spiro atoms. The van der Waals surface area contributed by atoms with E-state index in [2.05, 4.69) is 0 Å². The van der Waals surface area contributed by atoms with Crippen molar-refractivity contribution in [3.05, 3.63) is 40.7 Å². The summed E-state index contributed by atoms with van der Waals surface area (Å²) < 4.78 is 50.4. The standard InChI is InChI=1S/C13H12F4O/c1-3-12(18)8(2)6-9-4-5-11(14)10(7-9)13(15,16)17/h4-7H,3H2,1-2H3. The van der Waals surface area contributed by atoms with Crippen LogP contribution in [0.2, 0.25) is 0 Å². The average Bonchev–Trinajstić information content (AvgIpc) is 2.29. The van der Waals surface area contributed by atoms with Crippen molar-refractivity contribution >= 4 is 11.9 Å². The van der Waals surface area contributed by atoms with Crippen molar-refractivity contribution in [1.82, 2.24) is 0 Å². The smallest absolute Gasteiger partial charge is 0.295 e. The number of carbonyl (C=O) groups is 1. The van der Waals surface area contributed by atoms with Gasteiger partial charge in [-0.25, -0.2) is 4.39 Å². The van der Waals surface area contributed by atoms with E-state index in [4.69, 9.17) is 0 Å². The summed E-state index contributed by atoms with van der Waals surface area (Å²) in [5.74, 6) is -1.48. The molecular weight excluding hydrogens is 248 g/mol. The minimum absolute atomic E-state index is 0.156. The van der Waals surface area contributed by atoms with Gasteiger partial charge in [0.1, 0.15) is 5.82 Å². The summed E-state index contributed by atoms with van der Waals surface area (Å²) >= 11 is 0. The molecule has 0 aliphatic rings. The summed E-state index contributed by atoms with van der Waals surface area (Å²) in [5.41, 5.74) is -0.826. The molecule has 0 unspecified atom stereocenters. The van der Waals surface area contributed by atoms with Crippen LogP contribution in [0.4, 0.5) is 17.6 Å². The van der Waals surface area contributed by atoms with Gasteiger partial charge in [0.05, 0.1) is 5.56 Å². The van der Waals surface area contributed by atoms with Crippen LogP contribution in [0.15, 0.2) is 23.8 Å². The van der Waals surface area contributed by atoms with Crippen molar-refractivity contribution < 1.29 is 22.4 Å². The Hall–Kier alpha value is -1.65. The zero-order valence-electron chi connectivity index (χ0n) is 9.94. The van der Waals surface area contributed by atoms with E-state index in [-0.39, 0.29) is 17.8 Å². The molecule has 18 heavy (non-hydrogen) atoms. The molecule has 0 N–H and O–H groups in total. The molecule has 1 rings (SSSR count). The number of Topliss-reactive ketones (excluding diaryl/α,β-unsaturated/α-hetero) is 1. The quantitative estimate of drug-likeness (QED) is 0.587. The molecule has 0 atom stereocenters. The first-order chi connectivity index (χ1) is 8.25. The summed E-state index contributed by atoms with van der Waals surface area (Å²) in [4.78, 5) is 11.3. The Labute approximate surface area is 102 Å². The lowest BCUT2D eigenvalue weighted by atomic mass is 10.0. The molecule has 0 radical (unpaired) electrons. The van der Waals surface area contributed by atoms with Crippen molar-refractivity contribution in [2.75, 3.05) is 0 Å². The largest absolute Gasteiger partial charge is 0.419 e. The zero-order chi connectivity index (χ0) is 13.9. The van der Waals surface area contributed by atoms with Crippen LogP contribution in [0, 0.1) is 5.82 Å². The van der Waals surface area contributed by atoms with Crippen LogP contribution in [0.3, 0.4) is 0 Å². The third-order valence-corrected chi connectivity index (χ3v) is 2.44. The van der Waals surface area contributed by atoms with Crippen molar-refractivity contribution in [3.8, 4) is 0 Å². The first-order valence-corrected chi connectivity index (χ1v) is 5.34. The first-order valence-electron chi connectivity index (χ1n) is 5.34. The molecule has 0 amide bonds. The molecule has 0 saturated carbocycles. The van der Waals surface area contributed by atoms with E-state index >= 15 is 0 Å². The van der Waals surface area contributed by atoms with Gasteiger partial charge in [-0.3, -0.25) is 4.79 Å². The van der Waals surface area contributed by atoms with Crippen molar-refractivity contribution in [3.63, 3.8) is 0 Å². The predicted molar refractivity (Wildman–Crippen MR) is 60.4 cm³/mol. The molecule has 0 fully saturated rings. The minimum Gasteiger partial charge on any atom is -0.295 e. The SMILES string of the molecule is CCC(=O)C(C)=Cc1ccc(F)c(C(F)(F)F)c1. The molecule has 5 heteroatoms. The maximum Gasteiger partial charge on any atom is 0.419 e. The number of halogens is 4. The van der Waals surface area contributed by atoms with Crippen LogP contribution < -0.4 is 0 Å². The third-order valence-electron chi connectivity index (χ3n) is 2.44. The fraction of sp³-hybridized carbons (Fsp3) is 0.308. The van der Waals surface area contributed by atoms with E-state index in [1.54, 1.807) is 6.92 Å². The number of hydrogen-bond acceptors (Lipinski definition) is 1. The van der Waals surface area contributed by atoms with Crippen LogP contribution in [0.5, 0.6) is 0 Å². The van der Waals surface area contributed by atoms with Gasteiger partial charge in [-0.1, -0.05) is 13.0 Å². The summed E-state index contributed by atoms with van der Waals surface area (Å²) in [6.07, 6.45) is -3.15. The fourth-order valence-electron chi connectivity index (χ4n) is 1.46. The second-order valence-corrected chi connectivity index (χ2v) is 3.84. The van der Waals surface area contributed by atoms with Gasteiger partial charge in [0.25, 0.3) is 0 Å². The van der Waals surface area contributed by atoms with Crippen LogP contribution in [0.1, 0.15) is 31.4 Å². The van der Waals surface area contributed by atoms with Gasteiger partial charge in [-0.15, -0.1) is 0 Å². The highest BCUT2D eigenvalue weighted by Gasteiger charge is 2.34. The van der Waals surface area contributed by atoms with Crippen LogP contribution in [-0.4, -0.2) is 5.78 Å². The number of hydrogen-bond donors (Lipinski definition) is 0. The predicted octanol–water partition coefficient (Wildman–Crippen LogP) is 4.23. The van der Waals surface area contributed by atoms with E-state index in [9.17, 15) is 22.4 Å². The zero-order valence-corrected chi connectivity index (χ0v) is 9.94. The Bertz CT molecular complexity index is 486. The lowest BCUT2D eigenvalue weighted by Gasteiger charge is -2.08. The molecule has 0 saturated heterocycles. The maximum atomic E-state index is 13.0. The highest BCUT2D eigenvalue weighted by molar-refractivity contribution is 5.98. The topological polar surface area (TPSA) is 17.1 Å². The molecular formula is C13H12F4O. The minimum atomic E-state index is -4.74. The van der Waals surface area contributed by atoms with Crippen LogP contribution >= 0.6 is 0 Å². The summed E-state index contributed by atoms with van der Waals surface area (Å²) in [6, 6.07) is 2.65. The van der Waals surface area contributed by atoms with Gasteiger partial charge in [-0.2, -0.15) is 13.2 Å². The maximum absolute atomic E-state index is 13.0. The Morgan fingerprint density at radius 3 is 2.44 bits per heavy atom. The van der Waals surface area contributed by atoms with Gasteiger partial charge in [0, 0.05) is 6.42 Å². The number of benzene rings is 1. The Kier molecular flexibility index (Phi) is 4.27. The molecule has 0 aliphatic carbocycles. The molecule has 1 aromatic carbocycles.